The van der Waals surface area contributed by atoms with Gasteiger partial charge in [-0.25, -0.2) is 14.4 Å². The Hall–Kier alpha value is -3.26. The lowest BCUT2D eigenvalue weighted by molar-refractivity contribution is 0.436. The number of aromatic nitrogens is 2. The third-order valence-electron chi connectivity index (χ3n) is 4.93. The molecule has 28 heavy (non-hydrogen) atoms. The maximum absolute atomic E-state index is 14.3. The molecule has 0 unspecified atom stereocenters. The third-order valence-corrected chi connectivity index (χ3v) is 4.93. The van der Waals surface area contributed by atoms with Crippen LogP contribution in [0.25, 0.3) is 22.3 Å². The second kappa shape index (κ2) is 7.05. The van der Waals surface area contributed by atoms with Crippen molar-refractivity contribution in [2.24, 2.45) is 10.7 Å². The number of nitrogens with zero attached hydrogens (tertiary/aromatic N) is 4. The molecule has 0 radical (unpaired) electrons. The van der Waals surface area contributed by atoms with E-state index in [2.05, 4.69) is 19.9 Å². The van der Waals surface area contributed by atoms with E-state index >= 15 is 0 Å². The lowest BCUT2D eigenvalue weighted by atomic mass is 10.0. The number of halogens is 1. The van der Waals surface area contributed by atoms with E-state index in [4.69, 9.17) is 11.5 Å². The van der Waals surface area contributed by atoms with Crippen molar-refractivity contribution in [3.05, 3.63) is 41.7 Å². The van der Waals surface area contributed by atoms with Gasteiger partial charge in [-0.2, -0.15) is 0 Å². The largest absolute Gasteiger partial charge is 0.504 e. The van der Waals surface area contributed by atoms with Gasteiger partial charge in [0.25, 0.3) is 0 Å². The summed E-state index contributed by atoms with van der Waals surface area (Å²) in [7, 11) is 1.56. The van der Waals surface area contributed by atoms with Crippen molar-refractivity contribution < 1.29 is 9.50 Å². The van der Waals surface area contributed by atoms with E-state index in [-0.39, 0.29) is 17.3 Å². The summed E-state index contributed by atoms with van der Waals surface area (Å²) >= 11 is 0. The number of phenolic OH excluding ortho intramolecular Hbond substituents is 1. The molecule has 1 fully saturated rings. The Labute approximate surface area is 161 Å². The second-order valence-corrected chi connectivity index (χ2v) is 6.88. The summed E-state index contributed by atoms with van der Waals surface area (Å²) in [4.78, 5) is 15.2. The number of benzene rings is 1. The summed E-state index contributed by atoms with van der Waals surface area (Å²) in [6, 6.07) is 9.01. The Bertz CT molecular complexity index is 1080. The smallest absolute Gasteiger partial charge is 0.189 e. The van der Waals surface area contributed by atoms with Crippen molar-refractivity contribution in [2.45, 2.75) is 12.5 Å². The molecule has 1 saturated heterocycles. The van der Waals surface area contributed by atoms with E-state index < -0.39 is 11.6 Å². The van der Waals surface area contributed by atoms with Crippen LogP contribution < -0.4 is 16.4 Å². The highest BCUT2D eigenvalue weighted by atomic mass is 19.1. The van der Waals surface area contributed by atoms with Crippen LogP contribution in [0.3, 0.4) is 0 Å². The Morgan fingerprint density at radius 3 is 2.71 bits per heavy atom. The van der Waals surface area contributed by atoms with Crippen LogP contribution >= 0.6 is 0 Å². The molecule has 7 nitrogen and oxygen atoms in total. The summed E-state index contributed by atoms with van der Waals surface area (Å²) in [6.45, 7) is 1.66. The molecule has 8 heteroatoms. The van der Waals surface area contributed by atoms with E-state index in [0.29, 0.717) is 22.3 Å². The maximum atomic E-state index is 14.3. The van der Waals surface area contributed by atoms with Crippen LogP contribution in [-0.4, -0.2) is 47.5 Å². The molecule has 0 bridgehead atoms. The number of nitrogen functional groups attached to an aromatic ring is 1. The molecule has 1 aliphatic rings. The van der Waals surface area contributed by atoms with Crippen molar-refractivity contribution >= 4 is 28.8 Å². The summed E-state index contributed by atoms with van der Waals surface area (Å²) in [5.74, 6) is -0.556. The molecular weight excluding hydrogens is 359 g/mol. The SMILES string of the molecule is CN=Cc1cc(-c2ccc3nc(N4CC[C@H](N)C4)ccc3n2)c(O)c(F)c1N. The van der Waals surface area contributed by atoms with Gasteiger partial charge in [-0.05, 0) is 36.8 Å². The molecule has 2 aromatic heterocycles. The van der Waals surface area contributed by atoms with Crippen LogP contribution in [0.2, 0.25) is 0 Å². The van der Waals surface area contributed by atoms with E-state index in [1.54, 1.807) is 25.2 Å². The van der Waals surface area contributed by atoms with Gasteiger partial charge in [-0.15, -0.1) is 0 Å². The van der Waals surface area contributed by atoms with E-state index in [9.17, 15) is 9.50 Å². The summed E-state index contributed by atoms with van der Waals surface area (Å²) in [6.07, 6.45) is 2.39. The number of aliphatic imine (C=N–C) groups is 1. The molecule has 3 heterocycles. The predicted molar refractivity (Wildman–Crippen MR) is 109 cm³/mol. The van der Waals surface area contributed by atoms with Gasteiger partial charge in [0.15, 0.2) is 11.6 Å². The first-order chi connectivity index (χ1) is 13.5. The number of aromatic hydroxyl groups is 1. The first-order valence-electron chi connectivity index (χ1n) is 8.99. The first-order valence-corrected chi connectivity index (χ1v) is 8.99. The molecule has 0 saturated carbocycles. The van der Waals surface area contributed by atoms with Gasteiger partial charge in [-0.3, -0.25) is 4.99 Å². The highest BCUT2D eigenvalue weighted by Crippen LogP contribution is 2.36. The summed E-state index contributed by atoms with van der Waals surface area (Å²) in [5.41, 5.74) is 14.0. The number of rotatable bonds is 3. The van der Waals surface area contributed by atoms with Crippen LogP contribution in [0.15, 0.2) is 35.3 Å². The van der Waals surface area contributed by atoms with Crippen LogP contribution in [0.4, 0.5) is 15.9 Å². The zero-order valence-corrected chi connectivity index (χ0v) is 15.4. The lowest BCUT2D eigenvalue weighted by Gasteiger charge is -2.17. The number of phenols is 1. The van der Waals surface area contributed by atoms with E-state index in [1.807, 2.05) is 12.1 Å². The number of nitrogens with two attached hydrogens (primary N) is 2. The molecular formula is C20H21FN6O. The molecule has 3 aromatic rings. The van der Waals surface area contributed by atoms with Crippen molar-refractivity contribution in [3.63, 3.8) is 0 Å². The maximum Gasteiger partial charge on any atom is 0.189 e. The Morgan fingerprint density at radius 1 is 1.25 bits per heavy atom. The molecule has 1 aromatic carbocycles. The van der Waals surface area contributed by atoms with Gasteiger partial charge in [0.2, 0.25) is 0 Å². The van der Waals surface area contributed by atoms with Gasteiger partial charge in [0.05, 0.1) is 22.4 Å². The third kappa shape index (κ3) is 3.11. The van der Waals surface area contributed by atoms with Crippen LogP contribution in [-0.2, 0) is 0 Å². The van der Waals surface area contributed by atoms with Crippen molar-refractivity contribution in [1.82, 2.24) is 9.97 Å². The molecule has 0 spiro atoms. The molecule has 0 aliphatic carbocycles. The lowest BCUT2D eigenvalue weighted by Crippen LogP contribution is -2.26. The van der Waals surface area contributed by atoms with Gasteiger partial charge in [0.1, 0.15) is 5.82 Å². The highest BCUT2D eigenvalue weighted by molar-refractivity contribution is 5.91. The molecule has 5 N–H and O–H groups in total. The summed E-state index contributed by atoms with van der Waals surface area (Å²) < 4.78 is 14.3. The average molecular weight is 380 g/mol. The zero-order chi connectivity index (χ0) is 19.8. The van der Waals surface area contributed by atoms with E-state index in [1.165, 1.54) is 6.21 Å². The minimum absolute atomic E-state index is 0.150. The normalized spacial score (nSPS) is 17.1. The van der Waals surface area contributed by atoms with E-state index in [0.717, 1.165) is 25.3 Å². The molecule has 4 rings (SSSR count). The zero-order valence-electron chi connectivity index (χ0n) is 15.4. The monoisotopic (exact) mass is 380 g/mol. The number of pyridine rings is 2. The first kappa shape index (κ1) is 18.1. The highest BCUT2D eigenvalue weighted by Gasteiger charge is 2.21. The molecule has 1 atom stereocenters. The minimum atomic E-state index is -0.881. The van der Waals surface area contributed by atoms with Gasteiger partial charge in [0, 0.05) is 43.5 Å². The number of hydrogen-bond acceptors (Lipinski definition) is 7. The quantitative estimate of drug-likeness (QED) is 0.475. The Balaban J connectivity index is 1.76. The molecule has 1 aliphatic heterocycles. The predicted octanol–water partition coefficient (Wildman–Crippen LogP) is 2.31. The van der Waals surface area contributed by atoms with Gasteiger partial charge >= 0.3 is 0 Å². The topological polar surface area (TPSA) is 114 Å². The number of anilines is 2. The van der Waals surface area contributed by atoms with Crippen molar-refractivity contribution in [1.29, 1.82) is 0 Å². The van der Waals surface area contributed by atoms with Crippen molar-refractivity contribution in [3.8, 4) is 17.0 Å². The summed E-state index contributed by atoms with van der Waals surface area (Å²) in [5, 5.41) is 10.2. The molecule has 0 amide bonds. The molecule has 144 valence electrons. The van der Waals surface area contributed by atoms with Gasteiger partial charge in [-0.1, -0.05) is 0 Å². The Kier molecular flexibility index (Phi) is 4.56. The fourth-order valence-corrected chi connectivity index (χ4v) is 3.44. The standard InChI is InChI=1S/C20H21FN6O/c1-24-9-11-8-13(20(28)18(21)19(11)23)14-2-3-16-15(25-14)4-5-17(26-16)27-7-6-12(22)10-27/h2-5,8-9,12,28H,6-7,10,22-23H2,1H3/t12-/m0/s1. The fourth-order valence-electron chi connectivity index (χ4n) is 3.44. The van der Waals surface area contributed by atoms with Crippen molar-refractivity contribution in [2.75, 3.05) is 30.8 Å². The van der Waals surface area contributed by atoms with Crippen LogP contribution in [0.5, 0.6) is 5.75 Å². The fraction of sp³-hybridized carbons (Fsp3) is 0.250. The van der Waals surface area contributed by atoms with Crippen LogP contribution in [0.1, 0.15) is 12.0 Å². The Morgan fingerprint density at radius 2 is 2.00 bits per heavy atom. The van der Waals surface area contributed by atoms with Crippen LogP contribution in [0, 0.1) is 5.82 Å². The number of fused-ring (bicyclic) bond motifs is 1. The number of hydrogen-bond donors (Lipinski definition) is 3. The van der Waals surface area contributed by atoms with Gasteiger partial charge < -0.3 is 21.5 Å². The average Bonchev–Trinajstić information content (AvgIpc) is 3.14. The minimum Gasteiger partial charge on any atom is -0.504 e. The second-order valence-electron chi connectivity index (χ2n) is 6.88.